The van der Waals surface area contributed by atoms with Crippen LogP contribution in [0.4, 0.5) is 10.7 Å². The first-order valence-electron chi connectivity index (χ1n) is 7.12. The van der Waals surface area contributed by atoms with E-state index in [9.17, 15) is 4.79 Å². The van der Waals surface area contributed by atoms with Crippen LogP contribution in [0, 0.1) is 17.8 Å². The van der Waals surface area contributed by atoms with Crippen molar-refractivity contribution in [3.8, 4) is 5.75 Å². The van der Waals surface area contributed by atoms with Crippen molar-refractivity contribution < 1.29 is 9.53 Å². The van der Waals surface area contributed by atoms with Crippen molar-refractivity contribution in [1.82, 2.24) is 0 Å². The molecule has 1 aromatic heterocycles. The van der Waals surface area contributed by atoms with Gasteiger partial charge < -0.3 is 15.4 Å². The minimum Gasteiger partial charge on any atom is -0.492 e. The summed E-state index contributed by atoms with van der Waals surface area (Å²) in [5.41, 5.74) is 6.63. The number of carbonyl (C=O) groups is 1. The summed E-state index contributed by atoms with van der Waals surface area (Å²) in [6.07, 6.45) is 0. The average Bonchev–Trinajstić information content (AvgIpc) is 2.89. The van der Waals surface area contributed by atoms with Crippen LogP contribution in [0.1, 0.15) is 37.4 Å². The lowest BCUT2D eigenvalue weighted by Gasteiger charge is -2.17. The molecule has 20 heavy (non-hydrogen) atoms. The maximum Gasteiger partial charge on any atom is 0.177 e. The van der Waals surface area contributed by atoms with Gasteiger partial charge in [0.15, 0.2) is 11.5 Å². The number of hydrogen-bond acceptors (Lipinski definition) is 5. The van der Waals surface area contributed by atoms with Gasteiger partial charge in [0.2, 0.25) is 0 Å². The zero-order chi connectivity index (χ0) is 15.0. The fraction of sp³-hybridized carbons (Fsp3) is 0.667. The molecule has 0 amide bonds. The number of hydrogen-bond donors (Lipinski definition) is 1. The molecule has 0 spiro atoms. The van der Waals surface area contributed by atoms with E-state index in [0.29, 0.717) is 28.1 Å². The van der Waals surface area contributed by atoms with E-state index in [1.807, 2.05) is 13.8 Å². The Labute approximate surface area is 124 Å². The number of ketones is 1. The van der Waals surface area contributed by atoms with Crippen molar-refractivity contribution in [2.45, 2.75) is 27.7 Å². The van der Waals surface area contributed by atoms with Crippen LogP contribution >= 0.6 is 11.3 Å². The highest BCUT2D eigenvalue weighted by Gasteiger charge is 2.32. The van der Waals surface area contributed by atoms with Gasteiger partial charge in [-0.1, -0.05) is 27.7 Å². The molecule has 2 N–H and O–H groups in total. The van der Waals surface area contributed by atoms with Crippen molar-refractivity contribution in [1.29, 1.82) is 0 Å². The SMILES string of the molecule is COc1c(N2CC(C)C(C)C2)sc(C(=O)C(C)C)c1N. The van der Waals surface area contributed by atoms with E-state index in [4.69, 9.17) is 10.5 Å². The highest BCUT2D eigenvalue weighted by atomic mass is 32.1. The quantitative estimate of drug-likeness (QED) is 0.866. The largest absolute Gasteiger partial charge is 0.492 e. The molecule has 112 valence electrons. The van der Waals surface area contributed by atoms with Gasteiger partial charge in [0.05, 0.1) is 17.7 Å². The Morgan fingerprint density at radius 1 is 1.35 bits per heavy atom. The third kappa shape index (κ3) is 2.51. The molecule has 2 heterocycles. The Morgan fingerprint density at radius 2 is 1.90 bits per heavy atom. The lowest BCUT2D eigenvalue weighted by atomic mass is 10.0. The van der Waals surface area contributed by atoms with E-state index in [2.05, 4.69) is 18.7 Å². The third-order valence-electron chi connectivity index (χ3n) is 4.11. The molecule has 0 aliphatic carbocycles. The second-order valence-electron chi connectivity index (χ2n) is 6.06. The van der Waals surface area contributed by atoms with E-state index < -0.39 is 0 Å². The Balaban J connectivity index is 2.39. The molecule has 2 atom stereocenters. The first kappa shape index (κ1) is 15.2. The van der Waals surface area contributed by atoms with E-state index in [0.717, 1.165) is 18.1 Å². The highest BCUT2D eigenvalue weighted by molar-refractivity contribution is 7.19. The van der Waals surface area contributed by atoms with Crippen LogP contribution < -0.4 is 15.4 Å². The van der Waals surface area contributed by atoms with Crippen molar-refractivity contribution >= 4 is 27.8 Å². The number of thiophene rings is 1. The number of rotatable bonds is 4. The molecule has 1 aromatic rings. The number of nitrogen functional groups attached to an aromatic ring is 1. The third-order valence-corrected chi connectivity index (χ3v) is 5.37. The van der Waals surface area contributed by atoms with Crippen LogP contribution in [0.2, 0.25) is 0 Å². The van der Waals surface area contributed by atoms with Gasteiger partial charge >= 0.3 is 0 Å². The first-order valence-corrected chi connectivity index (χ1v) is 7.93. The second-order valence-corrected chi connectivity index (χ2v) is 7.06. The van der Waals surface area contributed by atoms with Gasteiger partial charge in [-0.15, -0.1) is 11.3 Å². The standard InChI is InChI=1S/C15H24N2O2S/c1-8(2)12(18)14-11(16)13(19-5)15(20-14)17-6-9(3)10(4)7-17/h8-10H,6-7,16H2,1-5H3. The molecule has 1 aliphatic heterocycles. The fourth-order valence-corrected chi connectivity index (χ4v) is 3.86. The van der Waals surface area contributed by atoms with Crippen LogP contribution in [-0.2, 0) is 0 Å². The van der Waals surface area contributed by atoms with E-state index in [-0.39, 0.29) is 11.7 Å². The van der Waals surface area contributed by atoms with Gasteiger partial charge in [-0.05, 0) is 11.8 Å². The normalized spacial score (nSPS) is 22.6. The molecular formula is C15H24N2O2S. The summed E-state index contributed by atoms with van der Waals surface area (Å²) in [5.74, 6) is 2.00. The molecule has 4 nitrogen and oxygen atoms in total. The maximum atomic E-state index is 12.2. The number of ether oxygens (including phenoxy) is 1. The molecule has 0 saturated carbocycles. The van der Waals surface area contributed by atoms with Crippen molar-refractivity contribution in [3.63, 3.8) is 0 Å². The summed E-state index contributed by atoms with van der Waals surface area (Å²) in [7, 11) is 1.62. The van der Waals surface area contributed by atoms with Crippen LogP contribution in [0.25, 0.3) is 0 Å². The molecule has 1 saturated heterocycles. The zero-order valence-corrected chi connectivity index (χ0v) is 13.7. The molecule has 2 rings (SSSR count). The van der Waals surface area contributed by atoms with Crippen LogP contribution in [-0.4, -0.2) is 26.0 Å². The van der Waals surface area contributed by atoms with Crippen LogP contribution in [0.5, 0.6) is 5.75 Å². The van der Waals surface area contributed by atoms with Gasteiger partial charge in [0.1, 0.15) is 5.00 Å². The fourth-order valence-electron chi connectivity index (χ4n) is 2.56. The first-order chi connectivity index (χ1) is 9.36. The van der Waals surface area contributed by atoms with Crippen molar-refractivity contribution in [3.05, 3.63) is 4.88 Å². The van der Waals surface area contributed by atoms with E-state index in [1.54, 1.807) is 7.11 Å². The van der Waals surface area contributed by atoms with E-state index >= 15 is 0 Å². The lowest BCUT2D eigenvalue weighted by molar-refractivity contribution is 0.0944. The predicted molar refractivity (Wildman–Crippen MR) is 85.0 cm³/mol. The van der Waals surface area contributed by atoms with Crippen molar-refractivity contribution in [2.75, 3.05) is 30.8 Å². The lowest BCUT2D eigenvalue weighted by Crippen LogP contribution is -2.18. The number of anilines is 2. The Morgan fingerprint density at radius 3 is 2.35 bits per heavy atom. The summed E-state index contributed by atoms with van der Waals surface area (Å²) in [6, 6.07) is 0. The van der Waals surface area contributed by atoms with Gasteiger partial charge in [-0.2, -0.15) is 0 Å². The van der Waals surface area contributed by atoms with Gasteiger partial charge in [0.25, 0.3) is 0 Å². The maximum absolute atomic E-state index is 12.2. The van der Waals surface area contributed by atoms with Crippen LogP contribution in [0.3, 0.4) is 0 Å². The molecular weight excluding hydrogens is 272 g/mol. The average molecular weight is 296 g/mol. The van der Waals surface area contributed by atoms with E-state index in [1.165, 1.54) is 11.3 Å². The smallest absolute Gasteiger partial charge is 0.177 e. The van der Waals surface area contributed by atoms with Gasteiger partial charge in [-0.25, -0.2) is 0 Å². The minimum atomic E-state index is -0.0510. The number of carbonyl (C=O) groups excluding carboxylic acids is 1. The number of nitrogens with zero attached hydrogens (tertiary/aromatic N) is 1. The number of Topliss-reactive ketones (excluding diaryl/α,β-unsaturated/α-hetero) is 1. The van der Waals surface area contributed by atoms with Gasteiger partial charge in [-0.3, -0.25) is 4.79 Å². The molecule has 0 aromatic carbocycles. The summed E-state index contributed by atoms with van der Waals surface area (Å²) in [4.78, 5) is 15.2. The molecule has 5 heteroatoms. The minimum absolute atomic E-state index is 0.0510. The molecule has 0 radical (unpaired) electrons. The van der Waals surface area contributed by atoms with Gasteiger partial charge in [0, 0.05) is 19.0 Å². The van der Waals surface area contributed by atoms with Crippen molar-refractivity contribution in [2.24, 2.45) is 17.8 Å². The Kier molecular flexibility index (Phi) is 4.28. The summed E-state index contributed by atoms with van der Waals surface area (Å²) in [5, 5.41) is 1.00. The number of nitrogens with two attached hydrogens (primary N) is 1. The van der Waals surface area contributed by atoms with Crippen LogP contribution in [0.15, 0.2) is 0 Å². The predicted octanol–water partition coefficient (Wildman–Crippen LogP) is 3.27. The molecule has 2 unspecified atom stereocenters. The topological polar surface area (TPSA) is 55.6 Å². The molecule has 0 bridgehead atoms. The monoisotopic (exact) mass is 296 g/mol. The molecule has 1 fully saturated rings. The summed E-state index contributed by atoms with van der Waals surface area (Å²) in [6.45, 7) is 10.3. The Bertz CT molecular complexity index is 500. The summed E-state index contributed by atoms with van der Waals surface area (Å²) < 4.78 is 5.46. The summed E-state index contributed by atoms with van der Waals surface area (Å²) >= 11 is 1.47. The zero-order valence-electron chi connectivity index (χ0n) is 12.9. The number of methoxy groups -OCH3 is 1. The molecule has 1 aliphatic rings. The second kappa shape index (κ2) is 5.64. The highest BCUT2D eigenvalue weighted by Crippen LogP contribution is 2.47. The Hall–Kier alpha value is -1.23.